The van der Waals surface area contributed by atoms with Gasteiger partial charge in [0.1, 0.15) is 11.8 Å². The van der Waals surface area contributed by atoms with Gasteiger partial charge in [0.05, 0.1) is 5.82 Å². The largest absolute Gasteiger partial charge is 0.479 e. The molecule has 111 valence electrons. The molecular weight excluding hydrogens is 380 g/mol. The Morgan fingerprint density at radius 2 is 2.23 bits per heavy atom. The van der Waals surface area contributed by atoms with E-state index in [1.165, 1.54) is 6.07 Å². The fourth-order valence-electron chi connectivity index (χ4n) is 2.02. The number of rotatable bonds is 4. The standard InChI is InChI=1S/C16H13ClFN2O.Y/c1-3-20-11(2)14(17)6-7-16(20)13-5-4-12(10-15(13)18)21-9-8-19;/h4-6,10H,2-3,9H2,1H3;/q-1;. The van der Waals surface area contributed by atoms with E-state index in [1.807, 2.05) is 13.0 Å². The van der Waals surface area contributed by atoms with Gasteiger partial charge in [-0.15, -0.1) is 6.07 Å². The minimum atomic E-state index is -0.453. The van der Waals surface area contributed by atoms with Crippen molar-refractivity contribution in [2.45, 2.75) is 6.92 Å². The molecule has 0 aromatic heterocycles. The summed E-state index contributed by atoms with van der Waals surface area (Å²) in [4.78, 5) is 1.79. The Labute approximate surface area is 159 Å². The first-order chi connectivity index (χ1) is 10.1. The Hall–Kier alpha value is -1.15. The molecule has 1 heterocycles. The van der Waals surface area contributed by atoms with Crippen LogP contribution in [0.2, 0.25) is 0 Å². The SMILES string of the molecule is C=C1C(Cl)=C[C-]=C(c2ccc(OCC#N)cc2F)N1CC.[Y]. The van der Waals surface area contributed by atoms with Crippen molar-refractivity contribution in [3.63, 3.8) is 0 Å². The number of allylic oxidation sites excluding steroid dienone is 3. The quantitative estimate of drug-likeness (QED) is 0.731. The van der Waals surface area contributed by atoms with Gasteiger partial charge in [0.2, 0.25) is 0 Å². The van der Waals surface area contributed by atoms with Crippen molar-refractivity contribution in [1.29, 1.82) is 5.26 Å². The van der Waals surface area contributed by atoms with Gasteiger partial charge in [-0.25, -0.2) is 4.39 Å². The number of halogens is 2. The average Bonchev–Trinajstić information content (AvgIpc) is 2.48. The second-order valence-corrected chi connectivity index (χ2v) is 4.67. The zero-order valence-electron chi connectivity index (χ0n) is 12.1. The maximum atomic E-state index is 14.3. The Balaban J connectivity index is 0.00000242. The Morgan fingerprint density at radius 3 is 2.82 bits per heavy atom. The van der Waals surface area contributed by atoms with Gasteiger partial charge in [-0.2, -0.15) is 29.0 Å². The van der Waals surface area contributed by atoms with E-state index < -0.39 is 5.82 Å². The van der Waals surface area contributed by atoms with Crippen LogP contribution in [0.25, 0.3) is 5.70 Å². The molecule has 22 heavy (non-hydrogen) atoms. The zero-order chi connectivity index (χ0) is 15.4. The first-order valence-electron chi connectivity index (χ1n) is 6.34. The molecule has 1 radical (unpaired) electrons. The minimum absolute atomic E-state index is 0. The number of nitriles is 1. The molecule has 1 aromatic carbocycles. The van der Waals surface area contributed by atoms with Crippen LogP contribution in [0.5, 0.6) is 5.75 Å². The average molecular weight is 393 g/mol. The molecule has 0 unspecified atom stereocenters. The van der Waals surface area contributed by atoms with E-state index in [0.29, 0.717) is 34.3 Å². The minimum Gasteiger partial charge on any atom is -0.479 e. The van der Waals surface area contributed by atoms with Gasteiger partial charge in [-0.1, -0.05) is 17.8 Å². The summed E-state index contributed by atoms with van der Waals surface area (Å²) in [7, 11) is 0. The van der Waals surface area contributed by atoms with E-state index in [2.05, 4.69) is 12.7 Å². The molecule has 1 aromatic rings. The normalized spacial score (nSPS) is 13.7. The Morgan fingerprint density at radius 1 is 1.50 bits per heavy atom. The molecule has 2 rings (SSSR count). The van der Waals surface area contributed by atoms with E-state index in [0.717, 1.165) is 0 Å². The summed E-state index contributed by atoms with van der Waals surface area (Å²) in [5.74, 6) is -0.143. The molecule has 6 heteroatoms. The van der Waals surface area contributed by atoms with E-state index in [9.17, 15) is 4.39 Å². The van der Waals surface area contributed by atoms with Crippen molar-refractivity contribution in [2.75, 3.05) is 13.2 Å². The fourth-order valence-corrected chi connectivity index (χ4v) is 2.18. The third kappa shape index (κ3) is 3.98. The predicted octanol–water partition coefficient (Wildman–Crippen LogP) is 3.84. The molecular formula is C16H13ClFN2OY-. The van der Waals surface area contributed by atoms with Crippen molar-refractivity contribution in [3.8, 4) is 11.8 Å². The molecule has 1 aliphatic heterocycles. The van der Waals surface area contributed by atoms with Crippen LogP contribution >= 0.6 is 11.6 Å². The van der Waals surface area contributed by atoms with Crippen LogP contribution in [-0.2, 0) is 32.7 Å². The van der Waals surface area contributed by atoms with Crippen molar-refractivity contribution < 1.29 is 41.8 Å². The van der Waals surface area contributed by atoms with E-state index in [1.54, 1.807) is 23.1 Å². The smallest absolute Gasteiger partial charge is 0.174 e. The predicted molar refractivity (Wildman–Crippen MR) is 79.6 cm³/mol. The zero-order valence-corrected chi connectivity index (χ0v) is 15.7. The Kier molecular flexibility index (Phi) is 7.28. The maximum Gasteiger partial charge on any atom is 0.174 e. The van der Waals surface area contributed by atoms with Gasteiger partial charge in [0.15, 0.2) is 6.61 Å². The molecule has 0 N–H and O–H groups in total. The van der Waals surface area contributed by atoms with Crippen LogP contribution in [0.4, 0.5) is 4.39 Å². The number of hydrogen-bond acceptors (Lipinski definition) is 3. The number of nitrogens with zero attached hydrogens (tertiary/aromatic N) is 2. The van der Waals surface area contributed by atoms with Gasteiger partial charge >= 0.3 is 0 Å². The first kappa shape index (κ1) is 18.9. The first-order valence-corrected chi connectivity index (χ1v) is 6.72. The fraction of sp³-hybridized carbons (Fsp3) is 0.188. The molecule has 0 saturated heterocycles. The van der Waals surface area contributed by atoms with Crippen LogP contribution in [-0.4, -0.2) is 18.1 Å². The third-order valence-corrected chi connectivity index (χ3v) is 3.35. The summed E-state index contributed by atoms with van der Waals surface area (Å²) < 4.78 is 19.3. The van der Waals surface area contributed by atoms with Gasteiger partial charge < -0.3 is 9.64 Å². The van der Waals surface area contributed by atoms with Crippen molar-refractivity contribution in [3.05, 3.63) is 59.0 Å². The number of ether oxygens (including phenoxy) is 1. The number of benzene rings is 1. The monoisotopic (exact) mass is 392 g/mol. The molecule has 0 spiro atoms. The van der Waals surface area contributed by atoms with Gasteiger partial charge in [0, 0.05) is 45.3 Å². The number of hydrogen-bond donors (Lipinski definition) is 0. The van der Waals surface area contributed by atoms with Crippen molar-refractivity contribution >= 4 is 17.3 Å². The van der Waals surface area contributed by atoms with Crippen LogP contribution in [0.1, 0.15) is 12.5 Å². The summed E-state index contributed by atoms with van der Waals surface area (Å²) in [6.45, 7) is 6.29. The van der Waals surface area contributed by atoms with E-state index in [4.69, 9.17) is 21.6 Å². The van der Waals surface area contributed by atoms with E-state index in [-0.39, 0.29) is 39.3 Å². The summed E-state index contributed by atoms with van der Waals surface area (Å²) in [5.41, 5.74) is 1.55. The molecule has 0 saturated carbocycles. The molecule has 0 atom stereocenters. The summed E-state index contributed by atoms with van der Waals surface area (Å²) >= 11 is 6.02. The topological polar surface area (TPSA) is 36.3 Å². The van der Waals surface area contributed by atoms with Gasteiger partial charge in [-0.3, -0.25) is 0 Å². The van der Waals surface area contributed by atoms with E-state index >= 15 is 0 Å². The molecule has 0 aliphatic carbocycles. The molecule has 0 bridgehead atoms. The molecule has 1 aliphatic rings. The van der Waals surface area contributed by atoms with Crippen LogP contribution in [0.3, 0.4) is 0 Å². The summed E-state index contributed by atoms with van der Waals surface area (Å²) in [6.07, 6.45) is 4.55. The second-order valence-electron chi connectivity index (χ2n) is 4.26. The summed E-state index contributed by atoms with van der Waals surface area (Å²) in [6, 6.07) is 6.29. The second kappa shape index (κ2) is 8.48. The van der Waals surface area contributed by atoms with Crippen LogP contribution < -0.4 is 4.74 Å². The Bertz CT molecular complexity index is 679. The third-order valence-electron chi connectivity index (χ3n) is 3.02. The number of likely N-dealkylation sites (N-methyl/N-ethyl adjacent to an activating group) is 1. The van der Waals surface area contributed by atoms with Gasteiger partial charge in [0.25, 0.3) is 0 Å². The van der Waals surface area contributed by atoms with Gasteiger partial charge in [-0.05, 0) is 23.7 Å². The summed E-state index contributed by atoms with van der Waals surface area (Å²) in [5, 5.41) is 8.94. The van der Waals surface area contributed by atoms with Crippen LogP contribution in [0, 0.1) is 23.2 Å². The van der Waals surface area contributed by atoms with Crippen molar-refractivity contribution in [1.82, 2.24) is 4.90 Å². The van der Waals surface area contributed by atoms with Crippen molar-refractivity contribution in [2.24, 2.45) is 0 Å². The molecule has 3 nitrogen and oxygen atoms in total. The molecule has 0 fully saturated rings. The molecule has 0 amide bonds. The maximum absolute atomic E-state index is 14.3. The van der Waals surface area contributed by atoms with Crippen LogP contribution in [0.15, 0.2) is 41.6 Å².